The topological polar surface area (TPSA) is 99.0 Å². The van der Waals surface area contributed by atoms with Gasteiger partial charge in [-0.05, 0) is 19.1 Å². The molecule has 2 aromatic carbocycles. The first kappa shape index (κ1) is 20.0. The number of anilines is 1. The number of esters is 1. The van der Waals surface area contributed by atoms with Crippen LogP contribution in [0.3, 0.4) is 0 Å². The molecule has 8 heteroatoms. The fraction of sp³-hybridized carbons (Fsp3) is 0.0870. The zero-order valence-corrected chi connectivity index (χ0v) is 16.7. The maximum absolute atomic E-state index is 12.5. The minimum absolute atomic E-state index is 0.0336. The molecule has 0 atom stereocenters. The smallest absolute Gasteiger partial charge is 0.359 e. The molecule has 4 aromatic rings. The fourth-order valence-electron chi connectivity index (χ4n) is 2.89. The number of benzene rings is 2. The Morgan fingerprint density at radius 2 is 1.81 bits per heavy atom. The monoisotopic (exact) mass is 413 g/mol. The van der Waals surface area contributed by atoms with Gasteiger partial charge in [0.2, 0.25) is 0 Å². The molecule has 31 heavy (non-hydrogen) atoms. The number of carbonyl (C=O) groups is 2. The lowest BCUT2D eigenvalue weighted by molar-refractivity contribution is -0.119. The van der Waals surface area contributed by atoms with Crippen molar-refractivity contribution in [2.24, 2.45) is 0 Å². The van der Waals surface area contributed by atoms with Crippen LogP contribution in [0.4, 0.5) is 5.82 Å². The SMILES string of the molecule is Cc1ccc(-c2cc(NC(=O)COC(=O)c3cnccn3)n(-c3ccccc3)n2)cc1. The molecule has 0 fully saturated rings. The number of aromatic nitrogens is 4. The van der Waals surface area contributed by atoms with E-state index in [1.165, 1.54) is 18.6 Å². The molecule has 0 radical (unpaired) electrons. The van der Waals surface area contributed by atoms with E-state index < -0.39 is 18.5 Å². The zero-order chi connectivity index (χ0) is 21.6. The minimum Gasteiger partial charge on any atom is -0.451 e. The van der Waals surface area contributed by atoms with E-state index in [1.807, 2.05) is 61.5 Å². The van der Waals surface area contributed by atoms with Crippen molar-refractivity contribution >= 4 is 17.7 Å². The van der Waals surface area contributed by atoms with E-state index >= 15 is 0 Å². The van der Waals surface area contributed by atoms with Gasteiger partial charge in [0.05, 0.1) is 17.6 Å². The maximum atomic E-state index is 12.5. The second kappa shape index (κ2) is 9.00. The Morgan fingerprint density at radius 3 is 2.52 bits per heavy atom. The van der Waals surface area contributed by atoms with Crippen molar-refractivity contribution in [2.45, 2.75) is 6.92 Å². The Labute approximate surface area is 178 Å². The van der Waals surface area contributed by atoms with Crippen LogP contribution >= 0.6 is 0 Å². The van der Waals surface area contributed by atoms with Gasteiger partial charge in [-0.2, -0.15) is 5.10 Å². The van der Waals surface area contributed by atoms with Gasteiger partial charge in [0.15, 0.2) is 12.3 Å². The molecule has 2 heterocycles. The molecule has 0 saturated carbocycles. The first-order valence-electron chi connectivity index (χ1n) is 9.56. The number of para-hydroxylation sites is 1. The zero-order valence-electron chi connectivity index (χ0n) is 16.7. The summed E-state index contributed by atoms with van der Waals surface area (Å²) in [7, 11) is 0. The Hall–Kier alpha value is -4.33. The molecule has 8 nitrogen and oxygen atoms in total. The fourth-order valence-corrected chi connectivity index (χ4v) is 2.89. The molecule has 0 saturated heterocycles. The van der Waals surface area contributed by atoms with Crippen LogP contribution in [-0.4, -0.2) is 38.2 Å². The van der Waals surface area contributed by atoms with E-state index in [2.05, 4.69) is 20.4 Å². The number of rotatable bonds is 6. The summed E-state index contributed by atoms with van der Waals surface area (Å²) in [4.78, 5) is 32.1. The van der Waals surface area contributed by atoms with E-state index in [4.69, 9.17) is 4.74 Å². The van der Waals surface area contributed by atoms with Gasteiger partial charge in [-0.1, -0.05) is 48.0 Å². The highest BCUT2D eigenvalue weighted by molar-refractivity contribution is 5.94. The van der Waals surface area contributed by atoms with Crippen molar-refractivity contribution < 1.29 is 14.3 Å². The standard InChI is InChI=1S/C23H19N5O3/c1-16-7-9-17(10-8-16)19-13-21(28(27-19)18-5-3-2-4-6-18)26-22(29)15-31-23(30)20-14-24-11-12-25-20/h2-14H,15H2,1H3,(H,26,29). The van der Waals surface area contributed by atoms with E-state index in [0.29, 0.717) is 11.5 Å². The number of hydrogen-bond donors (Lipinski definition) is 1. The van der Waals surface area contributed by atoms with Crippen molar-refractivity contribution in [3.05, 3.63) is 90.5 Å². The highest BCUT2D eigenvalue weighted by atomic mass is 16.5. The predicted molar refractivity (Wildman–Crippen MR) is 115 cm³/mol. The van der Waals surface area contributed by atoms with E-state index in [0.717, 1.165) is 16.8 Å². The van der Waals surface area contributed by atoms with Crippen LogP contribution in [0.1, 0.15) is 16.1 Å². The molecule has 154 valence electrons. The third-order valence-corrected chi connectivity index (χ3v) is 4.43. The molecular weight excluding hydrogens is 394 g/mol. The number of nitrogens with zero attached hydrogens (tertiary/aromatic N) is 4. The Balaban J connectivity index is 1.54. The number of carbonyl (C=O) groups excluding carboxylic acids is 2. The molecule has 1 N–H and O–H groups in total. The summed E-state index contributed by atoms with van der Waals surface area (Å²) in [5.41, 5.74) is 3.59. The summed E-state index contributed by atoms with van der Waals surface area (Å²) < 4.78 is 6.67. The highest BCUT2D eigenvalue weighted by Crippen LogP contribution is 2.25. The summed E-state index contributed by atoms with van der Waals surface area (Å²) in [6, 6.07) is 19.2. The summed E-state index contributed by atoms with van der Waals surface area (Å²) in [5.74, 6) is -0.757. The van der Waals surface area contributed by atoms with Gasteiger partial charge >= 0.3 is 5.97 Å². The molecule has 0 spiro atoms. The second-order valence-corrected chi connectivity index (χ2v) is 6.74. The van der Waals surface area contributed by atoms with E-state index in [9.17, 15) is 9.59 Å². The van der Waals surface area contributed by atoms with Crippen molar-refractivity contribution in [1.82, 2.24) is 19.7 Å². The van der Waals surface area contributed by atoms with Crippen molar-refractivity contribution in [1.29, 1.82) is 0 Å². The molecular formula is C23H19N5O3. The van der Waals surface area contributed by atoms with Crippen LogP contribution in [-0.2, 0) is 9.53 Å². The van der Waals surface area contributed by atoms with Crippen LogP contribution < -0.4 is 5.32 Å². The summed E-state index contributed by atoms with van der Waals surface area (Å²) in [6.07, 6.45) is 4.10. The quantitative estimate of drug-likeness (QED) is 0.486. The summed E-state index contributed by atoms with van der Waals surface area (Å²) in [6.45, 7) is 1.55. The average molecular weight is 413 g/mol. The Kier molecular flexibility index (Phi) is 5.79. The largest absolute Gasteiger partial charge is 0.451 e. The van der Waals surface area contributed by atoms with Gasteiger partial charge in [0, 0.05) is 24.0 Å². The molecule has 0 bridgehead atoms. The number of amides is 1. The van der Waals surface area contributed by atoms with Crippen LogP contribution in [0.25, 0.3) is 16.9 Å². The second-order valence-electron chi connectivity index (χ2n) is 6.74. The molecule has 2 aromatic heterocycles. The van der Waals surface area contributed by atoms with Gasteiger partial charge < -0.3 is 10.1 Å². The molecule has 0 unspecified atom stereocenters. The number of nitrogens with one attached hydrogen (secondary N) is 1. The van der Waals surface area contributed by atoms with Crippen molar-refractivity contribution in [2.75, 3.05) is 11.9 Å². The van der Waals surface area contributed by atoms with E-state index in [1.54, 1.807) is 10.7 Å². The molecule has 1 amide bonds. The van der Waals surface area contributed by atoms with Crippen LogP contribution in [0.15, 0.2) is 79.3 Å². The van der Waals surface area contributed by atoms with Gasteiger partial charge in [0.25, 0.3) is 5.91 Å². The van der Waals surface area contributed by atoms with Gasteiger partial charge in [-0.25, -0.2) is 14.5 Å². The first-order valence-corrected chi connectivity index (χ1v) is 9.56. The van der Waals surface area contributed by atoms with Crippen LogP contribution in [0.2, 0.25) is 0 Å². The Morgan fingerprint density at radius 1 is 1.03 bits per heavy atom. The predicted octanol–water partition coefficient (Wildman–Crippen LogP) is 3.43. The molecule has 0 aliphatic heterocycles. The molecule has 0 aliphatic carbocycles. The molecule has 4 rings (SSSR count). The van der Waals surface area contributed by atoms with Crippen molar-refractivity contribution in [3.8, 4) is 16.9 Å². The van der Waals surface area contributed by atoms with Gasteiger partial charge in [0.1, 0.15) is 5.82 Å². The lowest BCUT2D eigenvalue weighted by Crippen LogP contribution is -2.22. The van der Waals surface area contributed by atoms with Gasteiger partial charge in [-0.3, -0.25) is 9.78 Å². The van der Waals surface area contributed by atoms with Crippen LogP contribution in [0.5, 0.6) is 0 Å². The average Bonchev–Trinajstić information content (AvgIpc) is 3.22. The lowest BCUT2D eigenvalue weighted by Gasteiger charge is -2.09. The normalized spacial score (nSPS) is 10.5. The van der Waals surface area contributed by atoms with Crippen LogP contribution in [0, 0.1) is 6.92 Å². The number of ether oxygens (including phenoxy) is 1. The summed E-state index contributed by atoms with van der Waals surface area (Å²) >= 11 is 0. The lowest BCUT2D eigenvalue weighted by atomic mass is 10.1. The molecule has 0 aliphatic rings. The highest BCUT2D eigenvalue weighted by Gasteiger charge is 2.16. The first-order chi connectivity index (χ1) is 15.1. The maximum Gasteiger partial charge on any atom is 0.359 e. The minimum atomic E-state index is -0.722. The number of aryl methyl sites for hydroxylation is 1. The Bertz CT molecular complexity index is 1190. The number of hydrogen-bond acceptors (Lipinski definition) is 6. The summed E-state index contributed by atoms with van der Waals surface area (Å²) in [5, 5.41) is 7.42. The van der Waals surface area contributed by atoms with Gasteiger partial charge in [-0.15, -0.1) is 0 Å². The third-order valence-electron chi connectivity index (χ3n) is 4.43. The van der Waals surface area contributed by atoms with E-state index in [-0.39, 0.29) is 5.69 Å². The van der Waals surface area contributed by atoms with Crippen molar-refractivity contribution in [3.63, 3.8) is 0 Å². The third kappa shape index (κ3) is 4.81.